The molecule has 0 aromatic carbocycles. The lowest BCUT2D eigenvalue weighted by atomic mass is 10.2. The van der Waals surface area contributed by atoms with E-state index in [0.29, 0.717) is 6.04 Å². The molecule has 0 radical (unpaired) electrons. The van der Waals surface area contributed by atoms with Gasteiger partial charge in [0.05, 0.1) is 12.2 Å². The van der Waals surface area contributed by atoms with Gasteiger partial charge < -0.3 is 9.88 Å². The van der Waals surface area contributed by atoms with Gasteiger partial charge in [0.15, 0.2) is 0 Å². The Hall–Kier alpha value is -2.04. The summed E-state index contributed by atoms with van der Waals surface area (Å²) in [7, 11) is 0. The molecule has 18 heavy (non-hydrogen) atoms. The third-order valence-corrected chi connectivity index (χ3v) is 3.32. The summed E-state index contributed by atoms with van der Waals surface area (Å²) in [5.74, 6) is -0.0272. The molecule has 2 N–H and O–H groups in total. The predicted octanol–water partition coefficient (Wildman–Crippen LogP) is 2.04. The fraction of sp³-hybridized carbons (Fsp3) is 0.385. The first-order valence-corrected chi connectivity index (χ1v) is 6.22. The molecular formula is C13H16N4O. The number of H-pyrrole nitrogens is 1. The van der Waals surface area contributed by atoms with Gasteiger partial charge in [0, 0.05) is 24.0 Å². The van der Waals surface area contributed by atoms with Gasteiger partial charge in [-0.05, 0) is 31.9 Å². The minimum atomic E-state index is -0.0428. The number of nitrogens with one attached hydrogen (secondary N) is 2. The summed E-state index contributed by atoms with van der Waals surface area (Å²) in [6.07, 6.45) is 7.85. The standard InChI is InChI=1S/C13H16N4O/c1-9(10-7-14-15-8-10)16-13(18)12-3-2-6-17(12)11-4-5-11/h2-3,6-9,11H,4-5H2,1H3,(H,14,15)(H,16,18). The van der Waals surface area contributed by atoms with E-state index in [1.807, 2.05) is 25.3 Å². The van der Waals surface area contributed by atoms with Gasteiger partial charge in [-0.3, -0.25) is 9.89 Å². The van der Waals surface area contributed by atoms with Crippen molar-refractivity contribution in [3.8, 4) is 0 Å². The summed E-state index contributed by atoms with van der Waals surface area (Å²) >= 11 is 0. The average Bonchev–Trinajstić information content (AvgIpc) is 2.90. The molecule has 5 heteroatoms. The zero-order chi connectivity index (χ0) is 12.5. The Bertz CT molecular complexity index is 539. The smallest absolute Gasteiger partial charge is 0.268 e. The Morgan fingerprint density at radius 1 is 1.61 bits per heavy atom. The van der Waals surface area contributed by atoms with E-state index in [0.717, 1.165) is 11.3 Å². The van der Waals surface area contributed by atoms with E-state index in [9.17, 15) is 4.79 Å². The normalized spacial score (nSPS) is 16.5. The summed E-state index contributed by atoms with van der Waals surface area (Å²) in [6, 6.07) is 4.27. The molecule has 1 atom stereocenters. The van der Waals surface area contributed by atoms with Crippen LogP contribution in [0.25, 0.3) is 0 Å². The molecule has 0 saturated heterocycles. The molecule has 0 bridgehead atoms. The fourth-order valence-corrected chi connectivity index (χ4v) is 2.11. The van der Waals surface area contributed by atoms with Crippen molar-refractivity contribution in [2.24, 2.45) is 0 Å². The lowest BCUT2D eigenvalue weighted by Crippen LogP contribution is -2.28. The molecule has 1 amide bonds. The number of hydrogen-bond acceptors (Lipinski definition) is 2. The maximum absolute atomic E-state index is 12.2. The quantitative estimate of drug-likeness (QED) is 0.864. The van der Waals surface area contributed by atoms with E-state index >= 15 is 0 Å². The van der Waals surface area contributed by atoms with Gasteiger partial charge in [-0.15, -0.1) is 0 Å². The van der Waals surface area contributed by atoms with E-state index in [2.05, 4.69) is 20.1 Å². The molecule has 1 unspecified atom stereocenters. The van der Waals surface area contributed by atoms with Gasteiger partial charge >= 0.3 is 0 Å². The van der Waals surface area contributed by atoms with Crippen LogP contribution in [0.1, 0.15) is 47.9 Å². The molecule has 0 aliphatic heterocycles. The van der Waals surface area contributed by atoms with Crippen LogP contribution in [0.2, 0.25) is 0 Å². The van der Waals surface area contributed by atoms with Crippen LogP contribution < -0.4 is 5.32 Å². The van der Waals surface area contributed by atoms with Crippen LogP contribution >= 0.6 is 0 Å². The Morgan fingerprint density at radius 3 is 3.11 bits per heavy atom. The number of aromatic amines is 1. The number of nitrogens with zero attached hydrogens (tertiary/aromatic N) is 2. The van der Waals surface area contributed by atoms with Crippen molar-refractivity contribution in [3.63, 3.8) is 0 Å². The van der Waals surface area contributed by atoms with Gasteiger partial charge in [-0.2, -0.15) is 5.10 Å². The van der Waals surface area contributed by atoms with Crippen molar-refractivity contribution in [2.75, 3.05) is 0 Å². The molecule has 1 saturated carbocycles. The predicted molar refractivity (Wildman–Crippen MR) is 67.2 cm³/mol. The molecular weight excluding hydrogens is 228 g/mol. The fourth-order valence-electron chi connectivity index (χ4n) is 2.11. The first kappa shape index (κ1) is 11.1. The highest BCUT2D eigenvalue weighted by atomic mass is 16.2. The highest BCUT2D eigenvalue weighted by Crippen LogP contribution is 2.36. The summed E-state index contributed by atoms with van der Waals surface area (Å²) in [6.45, 7) is 1.95. The maximum Gasteiger partial charge on any atom is 0.268 e. The number of rotatable bonds is 4. The number of carbonyl (C=O) groups is 1. The van der Waals surface area contributed by atoms with Gasteiger partial charge in [-0.25, -0.2) is 0 Å². The molecule has 2 heterocycles. The Kier molecular flexibility index (Phi) is 2.66. The average molecular weight is 244 g/mol. The van der Waals surface area contributed by atoms with Crippen LogP contribution in [0.4, 0.5) is 0 Å². The SMILES string of the molecule is CC(NC(=O)c1cccn1C1CC1)c1cn[nH]c1. The monoisotopic (exact) mass is 244 g/mol. The van der Waals surface area contributed by atoms with Crippen molar-refractivity contribution in [1.29, 1.82) is 0 Å². The second-order valence-electron chi connectivity index (χ2n) is 4.76. The van der Waals surface area contributed by atoms with Crippen LogP contribution in [0.5, 0.6) is 0 Å². The van der Waals surface area contributed by atoms with E-state index in [1.54, 1.807) is 12.4 Å². The van der Waals surface area contributed by atoms with Crippen molar-refractivity contribution in [1.82, 2.24) is 20.1 Å². The molecule has 2 aromatic rings. The first-order chi connectivity index (χ1) is 8.75. The molecule has 1 aliphatic carbocycles. The lowest BCUT2D eigenvalue weighted by molar-refractivity contribution is 0.0930. The number of carbonyl (C=O) groups excluding carboxylic acids is 1. The Labute approximate surface area is 105 Å². The second-order valence-corrected chi connectivity index (χ2v) is 4.76. The molecule has 94 valence electrons. The van der Waals surface area contributed by atoms with Crippen LogP contribution in [-0.4, -0.2) is 20.7 Å². The van der Waals surface area contributed by atoms with Crippen LogP contribution in [0.3, 0.4) is 0 Å². The minimum absolute atomic E-state index is 0.0272. The summed E-state index contributed by atoms with van der Waals surface area (Å²) < 4.78 is 2.07. The second kappa shape index (κ2) is 4.33. The van der Waals surface area contributed by atoms with E-state index in [1.165, 1.54) is 12.8 Å². The molecule has 2 aromatic heterocycles. The largest absolute Gasteiger partial charge is 0.344 e. The molecule has 5 nitrogen and oxygen atoms in total. The zero-order valence-corrected chi connectivity index (χ0v) is 10.3. The third kappa shape index (κ3) is 2.03. The highest BCUT2D eigenvalue weighted by Gasteiger charge is 2.27. The number of amides is 1. The Morgan fingerprint density at radius 2 is 2.44 bits per heavy atom. The Balaban J connectivity index is 1.72. The lowest BCUT2D eigenvalue weighted by Gasteiger charge is -2.13. The van der Waals surface area contributed by atoms with Crippen molar-refractivity contribution >= 4 is 5.91 Å². The van der Waals surface area contributed by atoms with E-state index in [-0.39, 0.29) is 11.9 Å². The van der Waals surface area contributed by atoms with E-state index < -0.39 is 0 Å². The highest BCUT2D eigenvalue weighted by molar-refractivity contribution is 5.93. The van der Waals surface area contributed by atoms with Crippen molar-refractivity contribution in [2.45, 2.75) is 31.8 Å². The van der Waals surface area contributed by atoms with Crippen LogP contribution in [0.15, 0.2) is 30.7 Å². The summed E-state index contributed by atoms with van der Waals surface area (Å²) in [4.78, 5) is 12.2. The topological polar surface area (TPSA) is 62.7 Å². The summed E-state index contributed by atoms with van der Waals surface area (Å²) in [5.41, 5.74) is 1.72. The third-order valence-electron chi connectivity index (χ3n) is 3.32. The maximum atomic E-state index is 12.2. The summed E-state index contributed by atoms with van der Waals surface area (Å²) in [5, 5.41) is 9.63. The minimum Gasteiger partial charge on any atom is -0.344 e. The molecule has 3 rings (SSSR count). The number of aromatic nitrogens is 3. The van der Waals surface area contributed by atoms with Crippen LogP contribution in [-0.2, 0) is 0 Å². The van der Waals surface area contributed by atoms with E-state index in [4.69, 9.17) is 0 Å². The molecule has 1 fully saturated rings. The zero-order valence-electron chi connectivity index (χ0n) is 10.3. The van der Waals surface area contributed by atoms with Crippen molar-refractivity contribution in [3.05, 3.63) is 42.0 Å². The van der Waals surface area contributed by atoms with Gasteiger partial charge in [0.25, 0.3) is 5.91 Å². The van der Waals surface area contributed by atoms with Crippen molar-refractivity contribution < 1.29 is 4.79 Å². The molecule has 0 spiro atoms. The number of hydrogen-bond donors (Lipinski definition) is 2. The van der Waals surface area contributed by atoms with Gasteiger partial charge in [0.2, 0.25) is 0 Å². The van der Waals surface area contributed by atoms with Gasteiger partial charge in [-0.1, -0.05) is 0 Å². The molecule has 1 aliphatic rings. The first-order valence-electron chi connectivity index (χ1n) is 6.22. The van der Waals surface area contributed by atoms with Gasteiger partial charge in [0.1, 0.15) is 5.69 Å². The van der Waals surface area contributed by atoms with Crippen LogP contribution in [0, 0.1) is 0 Å².